The van der Waals surface area contributed by atoms with E-state index in [2.05, 4.69) is 11.4 Å². The van der Waals surface area contributed by atoms with Crippen molar-refractivity contribution in [3.8, 4) is 6.07 Å². The highest BCUT2D eigenvalue weighted by Crippen LogP contribution is 2.09. The minimum atomic E-state index is -0.0784. The fourth-order valence-electron chi connectivity index (χ4n) is 1.21. The summed E-state index contributed by atoms with van der Waals surface area (Å²) >= 11 is 0. The van der Waals surface area contributed by atoms with Crippen molar-refractivity contribution in [2.75, 3.05) is 6.61 Å². The summed E-state index contributed by atoms with van der Waals surface area (Å²) < 4.78 is 0. The first kappa shape index (κ1) is 11.4. The van der Waals surface area contributed by atoms with E-state index in [1.807, 2.05) is 20.8 Å². The average molecular weight is 170 g/mol. The van der Waals surface area contributed by atoms with Crippen molar-refractivity contribution in [1.82, 2.24) is 5.32 Å². The molecule has 0 bridgehead atoms. The lowest BCUT2D eigenvalue weighted by atomic mass is 9.99. The molecule has 0 aliphatic carbocycles. The molecule has 0 saturated heterocycles. The first-order valence-corrected chi connectivity index (χ1v) is 4.27. The molecule has 0 aromatic carbocycles. The van der Waals surface area contributed by atoms with Gasteiger partial charge in [0.05, 0.1) is 12.5 Å². The molecule has 70 valence electrons. The Labute approximate surface area is 74.4 Å². The van der Waals surface area contributed by atoms with Gasteiger partial charge in [-0.3, -0.25) is 0 Å². The van der Waals surface area contributed by atoms with Crippen LogP contribution in [0.25, 0.3) is 0 Å². The van der Waals surface area contributed by atoms with Gasteiger partial charge in [0, 0.05) is 18.2 Å². The van der Waals surface area contributed by atoms with Gasteiger partial charge in [-0.15, -0.1) is 0 Å². The largest absolute Gasteiger partial charge is 0.396 e. The molecule has 0 aliphatic heterocycles. The second kappa shape index (κ2) is 5.13. The Kier molecular flexibility index (Phi) is 4.87. The maximum absolute atomic E-state index is 8.74. The van der Waals surface area contributed by atoms with Crippen molar-refractivity contribution in [2.24, 2.45) is 0 Å². The van der Waals surface area contributed by atoms with Crippen molar-refractivity contribution in [3.05, 3.63) is 0 Å². The Balaban J connectivity index is 3.80. The maximum Gasteiger partial charge on any atom is 0.0638 e. The molecule has 0 rings (SSSR count). The van der Waals surface area contributed by atoms with Gasteiger partial charge in [-0.05, 0) is 27.2 Å². The Hall–Kier alpha value is -0.590. The molecule has 1 atom stereocenters. The number of aliphatic hydroxyl groups excluding tert-OH is 1. The van der Waals surface area contributed by atoms with Crippen LogP contribution in [-0.2, 0) is 0 Å². The zero-order chi connectivity index (χ0) is 9.61. The van der Waals surface area contributed by atoms with Gasteiger partial charge in [-0.25, -0.2) is 0 Å². The fourth-order valence-corrected chi connectivity index (χ4v) is 1.21. The van der Waals surface area contributed by atoms with E-state index in [9.17, 15) is 0 Å². The topological polar surface area (TPSA) is 56.0 Å². The van der Waals surface area contributed by atoms with Crippen molar-refractivity contribution < 1.29 is 5.11 Å². The summed E-state index contributed by atoms with van der Waals surface area (Å²) in [6, 6.07) is 2.30. The van der Waals surface area contributed by atoms with Crippen molar-refractivity contribution in [2.45, 2.75) is 45.2 Å². The number of nitriles is 1. The molecular formula is C9H18N2O. The summed E-state index contributed by atoms with van der Waals surface area (Å²) in [5.74, 6) is 0. The van der Waals surface area contributed by atoms with Crippen LogP contribution in [0.5, 0.6) is 0 Å². The monoisotopic (exact) mass is 170 g/mol. The highest BCUT2D eigenvalue weighted by Gasteiger charge is 2.18. The van der Waals surface area contributed by atoms with Crippen LogP contribution in [0.3, 0.4) is 0 Å². The van der Waals surface area contributed by atoms with E-state index in [1.165, 1.54) is 0 Å². The van der Waals surface area contributed by atoms with E-state index in [1.54, 1.807) is 0 Å². The Morgan fingerprint density at radius 2 is 2.17 bits per heavy atom. The highest BCUT2D eigenvalue weighted by atomic mass is 16.3. The van der Waals surface area contributed by atoms with Crippen LogP contribution in [0, 0.1) is 11.3 Å². The predicted octanol–water partition coefficient (Wildman–Crippen LogP) is 1.04. The number of hydrogen-bond acceptors (Lipinski definition) is 3. The zero-order valence-corrected chi connectivity index (χ0v) is 8.09. The molecule has 0 spiro atoms. The fraction of sp³-hybridized carbons (Fsp3) is 0.889. The van der Waals surface area contributed by atoms with Crippen LogP contribution in [0.1, 0.15) is 33.6 Å². The van der Waals surface area contributed by atoms with E-state index in [4.69, 9.17) is 10.4 Å². The molecule has 0 aliphatic rings. The van der Waals surface area contributed by atoms with E-state index in [0.29, 0.717) is 12.8 Å². The van der Waals surface area contributed by atoms with Crippen molar-refractivity contribution >= 4 is 0 Å². The molecule has 0 fully saturated rings. The molecule has 0 aromatic rings. The van der Waals surface area contributed by atoms with Crippen LogP contribution < -0.4 is 5.32 Å². The number of hydrogen-bond donors (Lipinski definition) is 2. The summed E-state index contributed by atoms with van der Waals surface area (Å²) in [6.07, 6.45) is 1.22. The quantitative estimate of drug-likeness (QED) is 0.648. The van der Waals surface area contributed by atoms with Gasteiger partial charge in [-0.1, -0.05) is 0 Å². The van der Waals surface area contributed by atoms with Gasteiger partial charge in [0.2, 0.25) is 0 Å². The molecule has 0 radical (unpaired) electrons. The second-order valence-corrected chi connectivity index (χ2v) is 3.77. The zero-order valence-electron chi connectivity index (χ0n) is 8.09. The minimum absolute atomic E-state index is 0.0784. The maximum atomic E-state index is 8.74. The van der Waals surface area contributed by atoms with Gasteiger partial charge in [0.15, 0.2) is 0 Å². The first-order chi connectivity index (χ1) is 5.52. The molecule has 2 N–H and O–H groups in total. The molecule has 0 aromatic heterocycles. The number of rotatable bonds is 5. The van der Waals surface area contributed by atoms with E-state index < -0.39 is 0 Å². The summed E-state index contributed by atoms with van der Waals surface area (Å²) in [7, 11) is 0. The molecule has 0 saturated carbocycles. The third-order valence-electron chi connectivity index (χ3n) is 1.77. The number of nitrogens with one attached hydrogen (secondary N) is 1. The molecule has 3 nitrogen and oxygen atoms in total. The normalized spacial score (nSPS) is 13.9. The standard InChI is InChI=1S/C9H18N2O/c1-8(4-6-10)11-9(2,3)5-7-12/h8,11-12H,4-5,7H2,1-3H3. The van der Waals surface area contributed by atoms with Crippen molar-refractivity contribution in [3.63, 3.8) is 0 Å². The summed E-state index contributed by atoms with van der Waals surface area (Å²) in [6.45, 7) is 6.20. The van der Waals surface area contributed by atoms with E-state index in [-0.39, 0.29) is 18.2 Å². The Morgan fingerprint density at radius 1 is 1.58 bits per heavy atom. The van der Waals surface area contributed by atoms with Gasteiger partial charge in [0.25, 0.3) is 0 Å². The Bertz CT molecular complexity index is 160. The van der Waals surface area contributed by atoms with Crippen LogP contribution >= 0.6 is 0 Å². The molecule has 12 heavy (non-hydrogen) atoms. The molecule has 0 heterocycles. The Morgan fingerprint density at radius 3 is 2.58 bits per heavy atom. The van der Waals surface area contributed by atoms with E-state index in [0.717, 1.165) is 0 Å². The lowest BCUT2D eigenvalue weighted by Crippen LogP contribution is -2.45. The van der Waals surface area contributed by atoms with Crippen molar-refractivity contribution in [1.29, 1.82) is 5.26 Å². The number of aliphatic hydroxyl groups is 1. The van der Waals surface area contributed by atoms with Crippen LogP contribution in [-0.4, -0.2) is 23.3 Å². The lowest BCUT2D eigenvalue weighted by Gasteiger charge is -2.28. The van der Waals surface area contributed by atoms with Crippen LogP contribution in [0.15, 0.2) is 0 Å². The van der Waals surface area contributed by atoms with Gasteiger partial charge in [0.1, 0.15) is 0 Å². The second-order valence-electron chi connectivity index (χ2n) is 3.77. The smallest absolute Gasteiger partial charge is 0.0638 e. The molecule has 1 unspecified atom stereocenters. The average Bonchev–Trinajstić information content (AvgIpc) is 1.85. The first-order valence-electron chi connectivity index (χ1n) is 4.27. The highest BCUT2D eigenvalue weighted by molar-refractivity contribution is 4.85. The summed E-state index contributed by atoms with van der Waals surface area (Å²) in [4.78, 5) is 0. The van der Waals surface area contributed by atoms with Gasteiger partial charge in [-0.2, -0.15) is 5.26 Å². The van der Waals surface area contributed by atoms with E-state index >= 15 is 0 Å². The van der Waals surface area contributed by atoms with Gasteiger partial charge < -0.3 is 10.4 Å². The third-order valence-corrected chi connectivity index (χ3v) is 1.77. The predicted molar refractivity (Wildman–Crippen MR) is 48.6 cm³/mol. The lowest BCUT2D eigenvalue weighted by molar-refractivity contribution is 0.221. The third kappa shape index (κ3) is 5.11. The summed E-state index contributed by atoms with van der Waals surface area (Å²) in [5, 5.41) is 20.4. The summed E-state index contributed by atoms with van der Waals surface area (Å²) in [5.41, 5.74) is -0.0784. The van der Waals surface area contributed by atoms with Crippen LogP contribution in [0.4, 0.5) is 0 Å². The van der Waals surface area contributed by atoms with Gasteiger partial charge >= 0.3 is 0 Å². The molecule has 0 amide bonds. The SMILES string of the molecule is CC(CC#N)NC(C)(C)CCO. The number of nitrogens with zero attached hydrogens (tertiary/aromatic N) is 1. The molecule has 3 heteroatoms. The molecular weight excluding hydrogens is 152 g/mol. The van der Waals surface area contributed by atoms with Crippen LogP contribution in [0.2, 0.25) is 0 Å². The minimum Gasteiger partial charge on any atom is -0.396 e.